The summed E-state index contributed by atoms with van der Waals surface area (Å²) in [5.41, 5.74) is 8.06. The van der Waals surface area contributed by atoms with E-state index in [4.69, 9.17) is 10.5 Å². The first-order chi connectivity index (χ1) is 10.2. The average Bonchev–Trinajstić information content (AvgIpc) is 2.51. The van der Waals surface area contributed by atoms with Crippen molar-refractivity contribution in [3.8, 4) is 11.5 Å². The second-order valence-electron chi connectivity index (χ2n) is 6.29. The lowest BCUT2D eigenvalue weighted by molar-refractivity contribution is 0.310. The van der Waals surface area contributed by atoms with Gasteiger partial charge in [0, 0.05) is 11.3 Å². The van der Waals surface area contributed by atoms with E-state index in [2.05, 4.69) is 25.1 Å². The van der Waals surface area contributed by atoms with Gasteiger partial charge < -0.3 is 10.5 Å². The molecule has 0 aromatic heterocycles. The van der Waals surface area contributed by atoms with Crippen LogP contribution in [0.4, 0.5) is 5.69 Å². The zero-order valence-electron chi connectivity index (χ0n) is 12.6. The Morgan fingerprint density at radius 1 is 0.905 bits per heavy atom. The van der Waals surface area contributed by atoms with Crippen molar-refractivity contribution in [1.82, 2.24) is 0 Å². The molecule has 3 rings (SSSR count). The Hall–Kier alpha value is -1.96. The number of nitrogen functional groups attached to an aromatic ring is 1. The summed E-state index contributed by atoms with van der Waals surface area (Å²) in [7, 11) is 0. The first kappa shape index (κ1) is 14.0. The molecule has 2 aromatic rings. The second-order valence-corrected chi connectivity index (χ2v) is 6.29. The van der Waals surface area contributed by atoms with Crippen LogP contribution in [-0.4, -0.2) is 0 Å². The molecule has 0 spiro atoms. The predicted molar refractivity (Wildman–Crippen MR) is 87.8 cm³/mol. The lowest BCUT2D eigenvalue weighted by Crippen LogP contribution is -2.25. The summed E-state index contributed by atoms with van der Waals surface area (Å²) in [6, 6.07) is 16.1. The van der Waals surface area contributed by atoms with Gasteiger partial charge in [0.05, 0.1) is 0 Å². The minimum absolute atomic E-state index is 0.239. The summed E-state index contributed by atoms with van der Waals surface area (Å²) in [6.07, 6.45) is 6.47. The average molecular weight is 281 g/mol. The Labute approximate surface area is 126 Å². The molecule has 1 aliphatic carbocycles. The zero-order chi connectivity index (χ0) is 14.7. The van der Waals surface area contributed by atoms with Gasteiger partial charge in [0.2, 0.25) is 0 Å². The highest BCUT2D eigenvalue weighted by Crippen LogP contribution is 2.43. The van der Waals surface area contributed by atoms with Crippen molar-refractivity contribution in [2.75, 3.05) is 5.73 Å². The fraction of sp³-hybridized carbons (Fsp3) is 0.368. The van der Waals surface area contributed by atoms with E-state index in [-0.39, 0.29) is 5.41 Å². The zero-order valence-corrected chi connectivity index (χ0v) is 12.6. The number of para-hydroxylation sites is 1. The van der Waals surface area contributed by atoms with Crippen LogP contribution in [0.25, 0.3) is 0 Å². The monoisotopic (exact) mass is 281 g/mol. The standard InChI is InChI=1S/C19H23NO/c1-19(13-5-2-6-14-19)17-7-3-4-8-18(17)21-16-11-9-15(20)10-12-16/h3-4,7-12H,2,5-6,13-14,20H2,1H3. The number of anilines is 1. The van der Waals surface area contributed by atoms with Gasteiger partial charge in [-0.2, -0.15) is 0 Å². The van der Waals surface area contributed by atoms with Gasteiger partial charge in [0.1, 0.15) is 11.5 Å². The number of ether oxygens (including phenoxy) is 1. The van der Waals surface area contributed by atoms with Crippen LogP contribution in [0.1, 0.15) is 44.6 Å². The molecule has 0 amide bonds. The van der Waals surface area contributed by atoms with Crippen molar-refractivity contribution in [2.45, 2.75) is 44.4 Å². The summed E-state index contributed by atoms with van der Waals surface area (Å²) >= 11 is 0. The van der Waals surface area contributed by atoms with E-state index in [1.165, 1.54) is 37.7 Å². The lowest BCUT2D eigenvalue weighted by atomic mass is 9.71. The molecule has 0 atom stereocenters. The minimum atomic E-state index is 0.239. The molecule has 2 aromatic carbocycles. The lowest BCUT2D eigenvalue weighted by Gasteiger charge is -2.35. The van der Waals surface area contributed by atoms with Gasteiger partial charge in [0.25, 0.3) is 0 Å². The quantitative estimate of drug-likeness (QED) is 0.776. The summed E-state index contributed by atoms with van der Waals surface area (Å²) in [6.45, 7) is 2.37. The van der Waals surface area contributed by atoms with Gasteiger partial charge >= 0.3 is 0 Å². The van der Waals surface area contributed by atoms with Crippen molar-refractivity contribution in [2.24, 2.45) is 0 Å². The van der Waals surface area contributed by atoms with Crippen LogP contribution in [0, 0.1) is 0 Å². The SMILES string of the molecule is CC1(c2ccccc2Oc2ccc(N)cc2)CCCCC1. The molecule has 110 valence electrons. The normalized spacial score (nSPS) is 17.4. The van der Waals surface area contributed by atoms with Crippen molar-refractivity contribution < 1.29 is 4.74 Å². The number of nitrogens with two attached hydrogens (primary N) is 1. The Morgan fingerprint density at radius 3 is 2.29 bits per heavy atom. The third-order valence-corrected chi connectivity index (χ3v) is 4.60. The van der Waals surface area contributed by atoms with E-state index >= 15 is 0 Å². The molecule has 21 heavy (non-hydrogen) atoms. The van der Waals surface area contributed by atoms with Crippen LogP contribution >= 0.6 is 0 Å². The first-order valence-corrected chi connectivity index (χ1v) is 7.80. The molecule has 0 saturated heterocycles. The van der Waals surface area contributed by atoms with Crippen LogP contribution in [0.15, 0.2) is 48.5 Å². The van der Waals surface area contributed by atoms with Gasteiger partial charge in [-0.1, -0.05) is 44.4 Å². The second kappa shape index (κ2) is 5.80. The van der Waals surface area contributed by atoms with Crippen LogP contribution in [0.5, 0.6) is 11.5 Å². The fourth-order valence-electron chi connectivity index (χ4n) is 3.32. The van der Waals surface area contributed by atoms with Gasteiger partial charge in [-0.25, -0.2) is 0 Å². The van der Waals surface area contributed by atoms with Crippen LogP contribution in [0.3, 0.4) is 0 Å². The van der Waals surface area contributed by atoms with E-state index < -0.39 is 0 Å². The van der Waals surface area contributed by atoms with Crippen LogP contribution in [0.2, 0.25) is 0 Å². The third-order valence-electron chi connectivity index (χ3n) is 4.60. The molecule has 2 N–H and O–H groups in total. The fourth-order valence-corrected chi connectivity index (χ4v) is 3.32. The highest BCUT2D eigenvalue weighted by atomic mass is 16.5. The van der Waals surface area contributed by atoms with Gasteiger partial charge in [-0.15, -0.1) is 0 Å². The highest BCUT2D eigenvalue weighted by molar-refractivity contribution is 5.46. The van der Waals surface area contributed by atoms with Gasteiger partial charge in [0.15, 0.2) is 0 Å². The van der Waals surface area contributed by atoms with E-state index in [0.29, 0.717) is 0 Å². The van der Waals surface area contributed by atoms with Crippen LogP contribution < -0.4 is 10.5 Å². The smallest absolute Gasteiger partial charge is 0.131 e. The van der Waals surface area contributed by atoms with Crippen molar-refractivity contribution in [1.29, 1.82) is 0 Å². The number of rotatable bonds is 3. The van der Waals surface area contributed by atoms with Crippen molar-refractivity contribution in [3.05, 3.63) is 54.1 Å². The molecular weight excluding hydrogens is 258 g/mol. The molecule has 0 heterocycles. The van der Waals surface area contributed by atoms with Crippen molar-refractivity contribution in [3.63, 3.8) is 0 Å². The summed E-state index contributed by atoms with van der Waals surface area (Å²) < 4.78 is 6.13. The topological polar surface area (TPSA) is 35.2 Å². The molecule has 0 bridgehead atoms. The van der Waals surface area contributed by atoms with Crippen molar-refractivity contribution >= 4 is 5.69 Å². The van der Waals surface area contributed by atoms with E-state index in [0.717, 1.165) is 17.2 Å². The first-order valence-electron chi connectivity index (χ1n) is 7.80. The molecule has 0 aliphatic heterocycles. The van der Waals surface area contributed by atoms with E-state index in [1.807, 2.05) is 30.3 Å². The maximum Gasteiger partial charge on any atom is 0.131 e. The number of benzene rings is 2. The molecule has 1 aliphatic rings. The molecule has 0 radical (unpaired) electrons. The summed E-state index contributed by atoms with van der Waals surface area (Å²) in [4.78, 5) is 0. The summed E-state index contributed by atoms with van der Waals surface area (Å²) in [5.74, 6) is 1.82. The molecule has 2 heteroatoms. The molecule has 1 fully saturated rings. The molecular formula is C19H23NO. The number of hydrogen-bond acceptors (Lipinski definition) is 2. The molecule has 0 unspecified atom stereocenters. The Bertz CT molecular complexity index is 597. The summed E-state index contributed by atoms with van der Waals surface area (Å²) in [5, 5.41) is 0. The maximum atomic E-state index is 6.13. The Morgan fingerprint density at radius 2 is 1.57 bits per heavy atom. The highest BCUT2D eigenvalue weighted by Gasteiger charge is 2.31. The predicted octanol–water partition coefficient (Wildman–Crippen LogP) is 5.28. The Kier molecular flexibility index (Phi) is 3.87. The van der Waals surface area contributed by atoms with E-state index in [1.54, 1.807) is 0 Å². The van der Waals surface area contributed by atoms with Gasteiger partial charge in [-0.3, -0.25) is 0 Å². The molecule has 1 saturated carbocycles. The van der Waals surface area contributed by atoms with E-state index in [9.17, 15) is 0 Å². The largest absolute Gasteiger partial charge is 0.457 e. The third kappa shape index (κ3) is 3.05. The number of hydrogen-bond donors (Lipinski definition) is 1. The van der Waals surface area contributed by atoms with Gasteiger partial charge in [-0.05, 0) is 48.6 Å². The van der Waals surface area contributed by atoms with Crippen LogP contribution in [-0.2, 0) is 5.41 Å². The minimum Gasteiger partial charge on any atom is -0.457 e. The Balaban J connectivity index is 1.90. The molecule has 2 nitrogen and oxygen atoms in total. The maximum absolute atomic E-state index is 6.13.